The normalized spacial score (nSPS) is 14.8. The highest BCUT2D eigenvalue weighted by Gasteiger charge is 2.44. The molecule has 1 N–H and O–H groups in total. The summed E-state index contributed by atoms with van der Waals surface area (Å²) in [6, 6.07) is 17.6. The van der Waals surface area contributed by atoms with Crippen molar-refractivity contribution in [3.05, 3.63) is 82.9 Å². The fourth-order valence-electron chi connectivity index (χ4n) is 4.31. The van der Waals surface area contributed by atoms with E-state index in [1.54, 1.807) is 79.6 Å². The largest absolute Gasteiger partial charge is 0.493 e. The summed E-state index contributed by atoms with van der Waals surface area (Å²) < 4.78 is 15.8. The Kier molecular flexibility index (Phi) is 9.23. The molecule has 0 saturated carbocycles. The van der Waals surface area contributed by atoms with Gasteiger partial charge in [-0.2, -0.15) is 0 Å². The number of benzene rings is 3. The Morgan fingerprint density at radius 3 is 2.27 bits per heavy atom. The van der Waals surface area contributed by atoms with Crippen LogP contribution in [0.15, 0.2) is 66.7 Å². The van der Waals surface area contributed by atoms with Crippen LogP contribution in [-0.2, 0) is 20.9 Å². The van der Waals surface area contributed by atoms with E-state index in [1.807, 2.05) is 6.07 Å². The number of carbonyl (C=O) groups excluding carboxylic acids is 3. The second-order valence-electron chi connectivity index (χ2n) is 8.82. The van der Waals surface area contributed by atoms with Crippen molar-refractivity contribution in [3.8, 4) is 11.5 Å². The molecule has 3 aromatic carbocycles. The number of ether oxygens (including phenoxy) is 3. The molecule has 0 unspecified atom stereocenters. The molecular weight excluding hydrogens is 554 g/mol. The summed E-state index contributed by atoms with van der Waals surface area (Å²) in [5.74, 6) is -0.0921. The topological polar surface area (TPSA) is 97.4 Å². The lowest BCUT2D eigenvalue weighted by atomic mass is 10.1. The number of thiocarbonyl (C=S) groups is 1. The van der Waals surface area contributed by atoms with Gasteiger partial charge < -0.3 is 24.4 Å². The minimum absolute atomic E-state index is 0.147. The van der Waals surface area contributed by atoms with Crippen LogP contribution in [0.25, 0.3) is 0 Å². The number of esters is 1. The second-order valence-corrected chi connectivity index (χ2v) is 9.62. The molecule has 1 atom stereocenters. The number of halogens is 1. The number of rotatable bonds is 10. The maximum Gasteiger partial charge on any atom is 0.338 e. The molecule has 3 aromatic rings. The number of hydrogen-bond acceptors (Lipinski definition) is 7. The SMILES string of the molecule is CCOC(=O)c1ccc(N2C(=O)[C@@H](CC(=O)Nc3ccc(Cl)cc3)N(Cc3ccc(OC)c(OC)c3)C2=S)cc1. The third kappa shape index (κ3) is 6.35. The molecule has 0 spiro atoms. The van der Waals surface area contributed by atoms with Crippen LogP contribution in [0.1, 0.15) is 29.3 Å². The fourth-order valence-corrected chi connectivity index (χ4v) is 4.82. The minimum Gasteiger partial charge on any atom is -0.493 e. The Morgan fingerprint density at radius 1 is 0.975 bits per heavy atom. The lowest BCUT2D eigenvalue weighted by Gasteiger charge is -2.24. The molecule has 2 amide bonds. The highest BCUT2D eigenvalue weighted by Crippen LogP contribution is 2.32. The molecule has 0 aliphatic carbocycles. The number of carbonyl (C=O) groups is 3. The zero-order chi connectivity index (χ0) is 28.8. The van der Waals surface area contributed by atoms with E-state index in [1.165, 1.54) is 12.0 Å². The number of nitrogens with zero attached hydrogens (tertiary/aromatic N) is 2. The highest BCUT2D eigenvalue weighted by atomic mass is 35.5. The highest BCUT2D eigenvalue weighted by molar-refractivity contribution is 7.80. The van der Waals surface area contributed by atoms with Crippen molar-refractivity contribution >= 4 is 58.1 Å². The number of anilines is 2. The van der Waals surface area contributed by atoms with Crippen LogP contribution in [-0.4, -0.2) is 54.7 Å². The molecular formula is C29H28ClN3O6S. The molecule has 11 heteroatoms. The van der Waals surface area contributed by atoms with E-state index in [4.69, 9.17) is 38.0 Å². The van der Waals surface area contributed by atoms with E-state index >= 15 is 0 Å². The Hall–Kier alpha value is -4.15. The number of hydrogen-bond donors (Lipinski definition) is 1. The van der Waals surface area contributed by atoms with E-state index in [-0.39, 0.29) is 36.5 Å². The van der Waals surface area contributed by atoms with Gasteiger partial charge in [-0.1, -0.05) is 17.7 Å². The quantitative estimate of drug-likeness (QED) is 0.262. The summed E-state index contributed by atoms with van der Waals surface area (Å²) in [5.41, 5.74) is 2.18. The summed E-state index contributed by atoms with van der Waals surface area (Å²) in [4.78, 5) is 42.0. The zero-order valence-electron chi connectivity index (χ0n) is 22.2. The monoisotopic (exact) mass is 581 g/mol. The van der Waals surface area contributed by atoms with Crippen molar-refractivity contribution in [1.29, 1.82) is 0 Å². The molecule has 1 heterocycles. The summed E-state index contributed by atoms with van der Waals surface area (Å²) >= 11 is 11.7. The van der Waals surface area contributed by atoms with Crippen LogP contribution in [0.3, 0.4) is 0 Å². The number of methoxy groups -OCH3 is 2. The third-order valence-corrected chi connectivity index (χ3v) is 6.93. The van der Waals surface area contributed by atoms with Crippen LogP contribution >= 0.6 is 23.8 Å². The van der Waals surface area contributed by atoms with Crippen molar-refractivity contribution in [2.45, 2.75) is 25.9 Å². The van der Waals surface area contributed by atoms with Gasteiger partial charge in [0, 0.05) is 17.3 Å². The average molecular weight is 582 g/mol. The van der Waals surface area contributed by atoms with Crippen LogP contribution in [0.5, 0.6) is 11.5 Å². The summed E-state index contributed by atoms with van der Waals surface area (Å²) in [5, 5.41) is 3.58. The first-order valence-corrected chi connectivity index (χ1v) is 13.2. The first-order chi connectivity index (χ1) is 19.2. The van der Waals surface area contributed by atoms with E-state index in [9.17, 15) is 14.4 Å². The third-order valence-electron chi connectivity index (χ3n) is 6.26. The first kappa shape index (κ1) is 28.8. The smallest absolute Gasteiger partial charge is 0.338 e. The van der Waals surface area contributed by atoms with Crippen molar-refractivity contribution in [3.63, 3.8) is 0 Å². The van der Waals surface area contributed by atoms with Gasteiger partial charge in [0.1, 0.15) is 6.04 Å². The molecule has 9 nitrogen and oxygen atoms in total. The van der Waals surface area contributed by atoms with E-state index in [0.717, 1.165) is 5.56 Å². The molecule has 208 valence electrons. The Balaban J connectivity index is 1.62. The van der Waals surface area contributed by atoms with Gasteiger partial charge in [0.25, 0.3) is 5.91 Å². The van der Waals surface area contributed by atoms with Gasteiger partial charge in [-0.3, -0.25) is 14.5 Å². The summed E-state index contributed by atoms with van der Waals surface area (Å²) in [6.07, 6.45) is -0.147. The van der Waals surface area contributed by atoms with Crippen molar-refractivity contribution < 1.29 is 28.6 Å². The molecule has 1 aliphatic heterocycles. The molecule has 1 saturated heterocycles. The Morgan fingerprint density at radius 2 is 1.65 bits per heavy atom. The molecule has 4 rings (SSSR count). The van der Waals surface area contributed by atoms with Gasteiger partial charge in [-0.25, -0.2) is 4.79 Å². The molecule has 1 aliphatic rings. The molecule has 0 aromatic heterocycles. The molecule has 40 heavy (non-hydrogen) atoms. The zero-order valence-corrected chi connectivity index (χ0v) is 23.8. The lowest BCUT2D eigenvalue weighted by molar-refractivity contribution is -0.124. The van der Waals surface area contributed by atoms with Gasteiger partial charge in [-0.15, -0.1) is 0 Å². The van der Waals surface area contributed by atoms with Gasteiger partial charge in [0.2, 0.25) is 5.91 Å². The average Bonchev–Trinajstić information content (AvgIpc) is 3.18. The van der Waals surface area contributed by atoms with E-state index in [0.29, 0.717) is 33.5 Å². The summed E-state index contributed by atoms with van der Waals surface area (Å²) in [6.45, 7) is 2.21. The number of amides is 2. The van der Waals surface area contributed by atoms with E-state index in [2.05, 4.69) is 5.32 Å². The second kappa shape index (κ2) is 12.8. The predicted molar refractivity (Wildman–Crippen MR) is 156 cm³/mol. The van der Waals surface area contributed by atoms with Crippen molar-refractivity contribution in [2.24, 2.45) is 0 Å². The Bertz CT molecular complexity index is 1410. The minimum atomic E-state index is -0.877. The van der Waals surface area contributed by atoms with Crippen LogP contribution in [0, 0.1) is 0 Å². The van der Waals surface area contributed by atoms with Gasteiger partial charge in [0.15, 0.2) is 16.6 Å². The van der Waals surface area contributed by atoms with Crippen LogP contribution in [0.2, 0.25) is 5.02 Å². The van der Waals surface area contributed by atoms with Crippen LogP contribution < -0.4 is 19.7 Å². The van der Waals surface area contributed by atoms with Crippen molar-refractivity contribution in [1.82, 2.24) is 4.90 Å². The van der Waals surface area contributed by atoms with Crippen molar-refractivity contribution in [2.75, 3.05) is 31.0 Å². The van der Waals surface area contributed by atoms with Gasteiger partial charge >= 0.3 is 5.97 Å². The number of nitrogens with one attached hydrogen (secondary N) is 1. The maximum atomic E-state index is 13.8. The Labute approximate surface area is 242 Å². The lowest BCUT2D eigenvalue weighted by Crippen LogP contribution is -2.37. The predicted octanol–water partition coefficient (Wildman–Crippen LogP) is 5.07. The molecule has 0 radical (unpaired) electrons. The first-order valence-electron chi connectivity index (χ1n) is 12.4. The van der Waals surface area contributed by atoms with Gasteiger partial charge in [0.05, 0.1) is 38.5 Å². The standard InChI is InChI=1S/C29H28ClN3O6S/c1-4-39-28(36)19-6-12-22(13-7-19)33-27(35)23(16-26(34)31-21-10-8-20(30)9-11-21)32(29(33)40)17-18-5-14-24(37-2)25(15-18)38-3/h5-15,23H,4,16-17H2,1-3H3,(H,31,34)/t23-/m1/s1. The maximum absolute atomic E-state index is 13.8. The van der Waals surface area contributed by atoms with Gasteiger partial charge in [-0.05, 0) is 85.4 Å². The molecule has 0 bridgehead atoms. The summed E-state index contributed by atoms with van der Waals surface area (Å²) in [7, 11) is 3.09. The van der Waals surface area contributed by atoms with Crippen LogP contribution in [0.4, 0.5) is 11.4 Å². The van der Waals surface area contributed by atoms with E-state index < -0.39 is 12.0 Å². The fraction of sp³-hybridized carbons (Fsp3) is 0.241. The molecule has 1 fully saturated rings.